The van der Waals surface area contributed by atoms with E-state index in [1.54, 1.807) is 0 Å². The van der Waals surface area contributed by atoms with Crippen molar-refractivity contribution in [3.05, 3.63) is 29.3 Å². The number of carbonyl (C=O) groups excluding carboxylic acids is 1. The number of rotatable bonds is 7. The van der Waals surface area contributed by atoms with Crippen molar-refractivity contribution in [3.8, 4) is 5.75 Å². The fourth-order valence-corrected chi connectivity index (χ4v) is 7.91. The first kappa shape index (κ1) is 25.0. The van der Waals surface area contributed by atoms with E-state index < -0.39 is 6.17 Å². The zero-order chi connectivity index (χ0) is 24.6. The highest BCUT2D eigenvalue weighted by atomic mass is 19.1. The number of fused-ring (bicyclic) bond motifs is 5. The Bertz CT molecular complexity index is 902. The van der Waals surface area contributed by atoms with Gasteiger partial charge in [0.15, 0.2) is 0 Å². The average Bonchev–Trinajstić information content (AvgIpc) is 3.13. The Hall–Kier alpha value is -1.66. The first-order chi connectivity index (χ1) is 16.9. The summed E-state index contributed by atoms with van der Waals surface area (Å²) in [5.41, 5.74) is 2.67. The van der Waals surface area contributed by atoms with Gasteiger partial charge in [-0.05, 0) is 105 Å². The maximum absolute atomic E-state index is 13.3. The Morgan fingerprint density at radius 2 is 2.06 bits per heavy atom. The van der Waals surface area contributed by atoms with E-state index in [1.165, 1.54) is 11.1 Å². The zero-order valence-electron chi connectivity index (χ0n) is 21.5. The molecule has 0 bridgehead atoms. The highest BCUT2D eigenvalue weighted by Gasteiger charge is 2.60. The number of piperidine rings is 1. The molecule has 1 aliphatic heterocycles. The number of nitrogens with zero attached hydrogens (tertiary/aromatic N) is 1. The van der Waals surface area contributed by atoms with Crippen LogP contribution >= 0.6 is 0 Å². The number of aryl methyl sites for hydroxylation is 1. The second kappa shape index (κ2) is 10.4. The van der Waals surface area contributed by atoms with E-state index in [1.807, 2.05) is 6.92 Å². The number of ether oxygens (including phenoxy) is 1. The minimum Gasteiger partial charge on any atom is -0.494 e. The maximum atomic E-state index is 13.3. The topological polar surface area (TPSA) is 61.8 Å². The molecule has 5 nitrogen and oxygen atoms in total. The van der Waals surface area contributed by atoms with E-state index in [4.69, 9.17) is 4.74 Å². The number of aliphatic hydroxyl groups excluding tert-OH is 1. The van der Waals surface area contributed by atoms with Crippen LogP contribution in [0.4, 0.5) is 4.39 Å². The van der Waals surface area contributed by atoms with Crippen molar-refractivity contribution in [2.75, 3.05) is 32.8 Å². The fourth-order valence-electron chi connectivity index (χ4n) is 7.91. The van der Waals surface area contributed by atoms with Gasteiger partial charge in [-0.3, -0.25) is 4.79 Å². The number of nitrogens with one attached hydrogen (secondary N) is 1. The number of benzene rings is 1. The molecule has 2 saturated carbocycles. The second-order valence-electron chi connectivity index (χ2n) is 11.7. The lowest BCUT2D eigenvalue weighted by atomic mass is 9.54. The number of hydrogen-bond donors (Lipinski definition) is 2. The van der Waals surface area contributed by atoms with Crippen molar-refractivity contribution in [2.24, 2.45) is 23.2 Å². The summed E-state index contributed by atoms with van der Waals surface area (Å²) in [7, 11) is 0. The summed E-state index contributed by atoms with van der Waals surface area (Å²) in [6.45, 7) is 8.22. The van der Waals surface area contributed by atoms with Crippen molar-refractivity contribution in [1.29, 1.82) is 0 Å². The maximum Gasteiger partial charge on any atom is 0.223 e. The number of alkyl halides is 1. The number of halogens is 1. The molecule has 1 aromatic rings. The Balaban J connectivity index is 1.23. The van der Waals surface area contributed by atoms with Gasteiger partial charge in [-0.15, -0.1) is 0 Å². The van der Waals surface area contributed by atoms with E-state index in [0.717, 1.165) is 57.5 Å². The molecule has 194 valence electrons. The molecule has 0 spiro atoms. The molecule has 1 heterocycles. The highest BCUT2D eigenvalue weighted by Crippen LogP contribution is 2.62. The molecule has 1 saturated heterocycles. The van der Waals surface area contributed by atoms with Crippen LogP contribution in [0.15, 0.2) is 18.2 Å². The smallest absolute Gasteiger partial charge is 0.223 e. The zero-order valence-corrected chi connectivity index (χ0v) is 21.5. The normalized spacial score (nSPS) is 35.1. The quantitative estimate of drug-likeness (QED) is 0.559. The first-order valence-corrected chi connectivity index (χ1v) is 14.0. The standard InChI is InChI=1S/C29H43FN2O3/c1-3-31-28(34)25-18-26(33)29(2)12-9-23-22-8-6-21(17-19(22)5-7-24(23)27(25)29)35-16-4-13-32-14-10-20(30)11-15-32/h6,8,17,20,23-27,33H,3-5,7,9-16,18H2,1-2H3,(H,31,34)/t23-,24-,25+,26+,27-,29-/m1/s1. The van der Waals surface area contributed by atoms with Crippen LogP contribution in [0.3, 0.4) is 0 Å². The molecule has 3 fully saturated rings. The van der Waals surface area contributed by atoms with Gasteiger partial charge in [0, 0.05) is 32.1 Å². The van der Waals surface area contributed by atoms with Gasteiger partial charge in [0.05, 0.1) is 12.7 Å². The van der Waals surface area contributed by atoms with Crippen molar-refractivity contribution in [3.63, 3.8) is 0 Å². The van der Waals surface area contributed by atoms with Crippen LogP contribution in [0.25, 0.3) is 0 Å². The van der Waals surface area contributed by atoms with Gasteiger partial charge in [0.25, 0.3) is 0 Å². The Morgan fingerprint density at radius 1 is 1.26 bits per heavy atom. The summed E-state index contributed by atoms with van der Waals surface area (Å²) < 4.78 is 19.4. The van der Waals surface area contributed by atoms with Gasteiger partial charge in [0.1, 0.15) is 11.9 Å². The molecule has 0 radical (unpaired) electrons. The van der Waals surface area contributed by atoms with Crippen LogP contribution in [-0.2, 0) is 11.2 Å². The van der Waals surface area contributed by atoms with Crippen molar-refractivity contribution in [1.82, 2.24) is 10.2 Å². The van der Waals surface area contributed by atoms with E-state index in [0.29, 0.717) is 44.2 Å². The van der Waals surface area contributed by atoms with Crippen LogP contribution in [0.1, 0.15) is 75.8 Å². The predicted molar refractivity (Wildman–Crippen MR) is 135 cm³/mol. The molecule has 1 aromatic carbocycles. The largest absolute Gasteiger partial charge is 0.494 e. The minimum absolute atomic E-state index is 0.0809. The summed E-state index contributed by atoms with van der Waals surface area (Å²) in [5, 5.41) is 14.0. The van der Waals surface area contributed by atoms with E-state index >= 15 is 0 Å². The average molecular weight is 487 g/mol. The third-order valence-corrected chi connectivity index (χ3v) is 9.76. The second-order valence-corrected chi connectivity index (χ2v) is 11.7. The van der Waals surface area contributed by atoms with E-state index in [9.17, 15) is 14.3 Å². The lowest BCUT2D eigenvalue weighted by Gasteiger charge is -2.51. The van der Waals surface area contributed by atoms with Gasteiger partial charge < -0.3 is 20.1 Å². The molecule has 1 amide bonds. The SMILES string of the molecule is CCNC(=O)[C@H]1C[C@H](O)[C@@]2(C)CC[C@@H]3c4ccc(OCCCN5CCC(F)CC5)cc4CC[C@H]3[C@H]12. The molecule has 35 heavy (non-hydrogen) atoms. The lowest BCUT2D eigenvalue weighted by molar-refractivity contribution is -0.128. The van der Waals surface area contributed by atoms with Gasteiger partial charge >= 0.3 is 0 Å². The molecular formula is C29H43FN2O3. The molecule has 4 aliphatic rings. The fraction of sp³-hybridized carbons (Fsp3) is 0.759. The van der Waals surface area contributed by atoms with Gasteiger partial charge in [0.2, 0.25) is 5.91 Å². The summed E-state index contributed by atoms with van der Waals surface area (Å²) >= 11 is 0. The molecule has 3 aliphatic carbocycles. The third kappa shape index (κ3) is 4.85. The van der Waals surface area contributed by atoms with E-state index in [-0.39, 0.29) is 29.3 Å². The Labute approximate surface area is 209 Å². The number of likely N-dealkylation sites (tertiary alicyclic amines) is 1. The molecule has 5 rings (SSSR count). The summed E-state index contributed by atoms with van der Waals surface area (Å²) in [6.07, 6.45) is 6.03. The molecule has 0 unspecified atom stereocenters. The third-order valence-electron chi connectivity index (χ3n) is 9.76. The minimum atomic E-state index is -0.617. The van der Waals surface area contributed by atoms with Gasteiger partial charge in [-0.2, -0.15) is 0 Å². The molecular weight excluding hydrogens is 443 g/mol. The van der Waals surface area contributed by atoms with Gasteiger partial charge in [-0.25, -0.2) is 4.39 Å². The Morgan fingerprint density at radius 3 is 2.83 bits per heavy atom. The number of amides is 1. The number of hydrogen-bond acceptors (Lipinski definition) is 4. The van der Waals surface area contributed by atoms with Crippen LogP contribution in [0, 0.1) is 23.2 Å². The van der Waals surface area contributed by atoms with Crippen LogP contribution in [0.5, 0.6) is 5.75 Å². The first-order valence-electron chi connectivity index (χ1n) is 14.0. The van der Waals surface area contributed by atoms with Crippen LogP contribution in [-0.4, -0.2) is 61.0 Å². The predicted octanol–water partition coefficient (Wildman–Crippen LogP) is 4.47. The highest BCUT2D eigenvalue weighted by molar-refractivity contribution is 5.79. The van der Waals surface area contributed by atoms with Crippen molar-refractivity contribution < 1.29 is 19.0 Å². The number of aliphatic hydroxyl groups is 1. The summed E-state index contributed by atoms with van der Waals surface area (Å²) in [5.74, 6) is 2.15. The monoisotopic (exact) mass is 486 g/mol. The molecule has 0 aromatic heterocycles. The number of carbonyl (C=O) groups is 1. The van der Waals surface area contributed by atoms with Gasteiger partial charge in [-0.1, -0.05) is 13.0 Å². The van der Waals surface area contributed by atoms with E-state index in [2.05, 4.69) is 35.3 Å². The summed E-state index contributed by atoms with van der Waals surface area (Å²) in [6, 6.07) is 6.62. The van der Waals surface area contributed by atoms with Crippen LogP contribution in [0.2, 0.25) is 0 Å². The molecule has 6 atom stereocenters. The van der Waals surface area contributed by atoms with Crippen molar-refractivity contribution in [2.45, 2.75) is 83.4 Å². The van der Waals surface area contributed by atoms with Crippen molar-refractivity contribution >= 4 is 5.91 Å². The lowest BCUT2D eigenvalue weighted by Crippen LogP contribution is -2.47. The summed E-state index contributed by atoms with van der Waals surface area (Å²) in [4.78, 5) is 15.3. The molecule has 6 heteroatoms. The van der Waals surface area contributed by atoms with Crippen LogP contribution < -0.4 is 10.1 Å². The molecule has 2 N–H and O–H groups in total. The Kier molecular flexibility index (Phi) is 7.41.